The lowest BCUT2D eigenvalue weighted by Gasteiger charge is -2.40. The van der Waals surface area contributed by atoms with Gasteiger partial charge in [-0.15, -0.1) is 12.4 Å². The average molecular weight is 325 g/mol. The molecule has 1 N–H and O–H groups in total. The fourth-order valence-electron chi connectivity index (χ4n) is 2.82. The van der Waals surface area contributed by atoms with Crippen LogP contribution in [0.4, 0.5) is 0 Å². The molecule has 0 spiro atoms. The SMILES string of the molecule is Cl.[2H]C([2H])([2H])Oc1ccc([C@H](C2(O)CCCCC2)C([2H])([2H])N(C([2H])([2H])[2H])C([2H])([2H])[2H])cc1. The number of hydrogen-bond donors (Lipinski definition) is 1. The molecule has 1 aliphatic rings. The highest BCUT2D eigenvalue weighted by Gasteiger charge is 2.38. The lowest BCUT2D eigenvalue weighted by atomic mass is 9.72. The molecule has 1 saturated carbocycles. The van der Waals surface area contributed by atoms with Crippen molar-refractivity contribution in [3.05, 3.63) is 29.8 Å². The number of aliphatic hydroxyl groups is 1. The van der Waals surface area contributed by atoms with E-state index in [0.29, 0.717) is 12.8 Å². The van der Waals surface area contributed by atoms with Crippen LogP contribution in [0, 0.1) is 0 Å². The van der Waals surface area contributed by atoms with Gasteiger partial charge in [0.05, 0.1) is 16.8 Å². The molecule has 1 aliphatic carbocycles. The Bertz CT molecular complexity index is 727. The van der Waals surface area contributed by atoms with E-state index >= 15 is 0 Å². The van der Waals surface area contributed by atoms with E-state index in [1.807, 2.05) is 0 Å². The number of hydrogen-bond acceptors (Lipinski definition) is 3. The van der Waals surface area contributed by atoms with Crippen LogP contribution in [-0.4, -0.2) is 43.1 Å². The quantitative estimate of drug-likeness (QED) is 0.900. The number of rotatable bonds is 5. The van der Waals surface area contributed by atoms with Crippen molar-refractivity contribution in [3.8, 4) is 5.75 Å². The summed E-state index contributed by atoms with van der Waals surface area (Å²) in [6, 6.07) is 5.19. The standard InChI is InChI=1S/C17H27NO2.ClH/c1-18(2)13-16(17(19)11-5-4-6-12-17)14-7-9-15(20-3)10-8-14;/h7-10,16,19H,4-6,11-13H2,1-3H3;1H/t16-;/m1./s1/i1D3,2D3,3D3,13D2;. The minimum absolute atomic E-state index is 0. The van der Waals surface area contributed by atoms with Gasteiger partial charge in [-0.2, -0.15) is 0 Å². The van der Waals surface area contributed by atoms with Crippen molar-refractivity contribution in [2.24, 2.45) is 0 Å². The highest BCUT2D eigenvalue weighted by Crippen LogP contribution is 2.40. The number of ether oxygens (including phenoxy) is 1. The van der Waals surface area contributed by atoms with Crippen molar-refractivity contribution in [3.63, 3.8) is 0 Å². The minimum atomic E-state index is -3.30. The summed E-state index contributed by atoms with van der Waals surface area (Å²) in [7, 11) is -2.70. The second-order valence-electron chi connectivity index (χ2n) is 5.23. The zero-order chi connectivity index (χ0) is 23.9. The van der Waals surface area contributed by atoms with Crippen LogP contribution in [0.2, 0.25) is 0 Å². The van der Waals surface area contributed by atoms with Gasteiger partial charge in [0.1, 0.15) is 5.75 Å². The molecule has 1 aromatic rings. The van der Waals surface area contributed by atoms with Gasteiger partial charge in [-0.05, 0) is 44.5 Å². The van der Waals surface area contributed by atoms with E-state index in [9.17, 15) is 5.11 Å². The Hall–Kier alpha value is -0.770. The second kappa shape index (κ2) is 8.02. The smallest absolute Gasteiger partial charge is 0.118 e. The van der Waals surface area contributed by atoms with Crippen LogP contribution in [0.15, 0.2) is 24.3 Å². The molecule has 1 atom stereocenters. The van der Waals surface area contributed by atoms with Gasteiger partial charge in [-0.3, -0.25) is 0 Å². The molecule has 0 bridgehead atoms. The van der Waals surface area contributed by atoms with Crippen LogP contribution >= 0.6 is 12.4 Å². The summed E-state index contributed by atoms with van der Waals surface area (Å²) >= 11 is 0. The highest BCUT2D eigenvalue weighted by molar-refractivity contribution is 5.85. The topological polar surface area (TPSA) is 32.7 Å². The lowest BCUT2D eigenvalue weighted by molar-refractivity contribution is -0.0277. The normalized spacial score (nSPS) is 29.1. The first-order valence-electron chi connectivity index (χ1n) is 12.2. The summed E-state index contributed by atoms with van der Waals surface area (Å²) in [5, 5.41) is 11.4. The Labute approximate surface area is 150 Å². The molecule has 120 valence electrons. The molecule has 21 heavy (non-hydrogen) atoms. The number of methoxy groups -OCH3 is 1. The summed E-state index contributed by atoms with van der Waals surface area (Å²) in [5.41, 5.74) is -1.55. The van der Waals surface area contributed by atoms with Crippen LogP contribution in [0.1, 0.15) is 58.7 Å². The largest absolute Gasteiger partial charge is 0.497 e. The van der Waals surface area contributed by atoms with Crippen LogP contribution in [0.5, 0.6) is 5.75 Å². The fraction of sp³-hybridized carbons (Fsp3) is 0.647. The van der Waals surface area contributed by atoms with Crippen molar-refractivity contribution in [2.75, 3.05) is 27.5 Å². The molecule has 0 aromatic heterocycles. The molecule has 0 radical (unpaired) electrons. The van der Waals surface area contributed by atoms with Crippen molar-refractivity contribution >= 4 is 12.4 Å². The van der Waals surface area contributed by atoms with Crippen LogP contribution in [-0.2, 0) is 0 Å². The van der Waals surface area contributed by atoms with Crippen LogP contribution in [0.25, 0.3) is 0 Å². The van der Waals surface area contributed by atoms with Gasteiger partial charge in [0, 0.05) is 23.4 Å². The molecule has 2 rings (SSSR count). The molecular weight excluding hydrogens is 286 g/mol. The number of nitrogens with zero attached hydrogens (tertiary/aromatic N) is 1. The monoisotopic (exact) mass is 324 g/mol. The van der Waals surface area contributed by atoms with Crippen LogP contribution in [0.3, 0.4) is 0 Å². The van der Waals surface area contributed by atoms with Gasteiger partial charge >= 0.3 is 0 Å². The number of likely N-dealkylation sites (N-methyl/N-ethyl adjacent to an activating group) is 1. The molecule has 0 saturated heterocycles. The predicted octanol–water partition coefficient (Wildman–Crippen LogP) is 3.46. The molecule has 4 heteroatoms. The Kier molecular flexibility index (Phi) is 2.93. The Morgan fingerprint density at radius 3 is 2.52 bits per heavy atom. The van der Waals surface area contributed by atoms with Crippen molar-refractivity contribution < 1.29 is 24.9 Å². The molecule has 0 aliphatic heterocycles. The van der Waals surface area contributed by atoms with Gasteiger partial charge in [0.2, 0.25) is 0 Å². The molecule has 1 aromatic carbocycles. The molecule has 3 nitrogen and oxygen atoms in total. The molecule has 1 fully saturated rings. The first-order valence-corrected chi connectivity index (χ1v) is 6.70. The first-order chi connectivity index (χ1) is 13.9. The van der Waals surface area contributed by atoms with E-state index in [2.05, 4.69) is 0 Å². The molecule has 0 amide bonds. The zero-order valence-corrected chi connectivity index (χ0v) is 12.4. The summed E-state index contributed by atoms with van der Waals surface area (Å²) in [6.07, 6.45) is 2.29. The predicted molar refractivity (Wildman–Crippen MR) is 89.6 cm³/mol. The summed E-state index contributed by atoms with van der Waals surface area (Å²) in [6.45, 7) is -9.60. The summed E-state index contributed by atoms with van der Waals surface area (Å²) in [4.78, 5) is -0.142. The minimum Gasteiger partial charge on any atom is -0.497 e. The van der Waals surface area contributed by atoms with Gasteiger partial charge in [-0.1, -0.05) is 31.4 Å². The van der Waals surface area contributed by atoms with E-state index in [4.69, 9.17) is 19.8 Å². The molecule has 0 heterocycles. The third-order valence-electron chi connectivity index (χ3n) is 3.85. The number of halogens is 1. The fourth-order valence-corrected chi connectivity index (χ4v) is 2.82. The maximum atomic E-state index is 11.4. The number of benzene rings is 1. The average Bonchev–Trinajstić information content (AvgIpc) is 2.52. The Morgan fingerprint density at radius 2 is 1.95 bits per heavy atom. The van der Waals surface area contributed by atoms with E-state index in [1.54, 1.807) is 0 Å². The summed E-state index contributed by atoms with van der Waals surface area (Å²) < 4.78 is 89.6. The van der Waals surface area contributed by atoms with E-state index in [0.717, 1.165) is 6.42 Å². The van der Waals surface area contributed by atoms with Crippen LogP contribution < -0.4 is 4.74 Å². The summed E-state index contributed by atoms with van der Waals surface area (Å²) in [5.74, 6) is -1.55. The van der Waals surface area contributed by atoms with Crippen molar-refractivity contribution in [1.29, 1.82) is 0 Å². The Morgan fingerprint density at radius 1 is 1.29 bits per heavy atom. The van der Waals surface area contributed by atoms with Gasteiger partial charge in [0.25, 0.3) is 0 Å². The zero-order valence-electron chi connectivity index (χ0n) is 22.6. The van der Waals surface area contributed by atoms with Crippen molar-refractivity contribution in [2.45, 2.75) is 43.6 Å². The van der Waals surface area contributed by atoms with E-state index in [1.165, 1.54) is 24.3 Å². The molecular formula is C17H28ClNO2. The Balaban J connectivity index is 0.00000512. The maximum Gasteiger partial charge on any atom is 0.118 e. The lowest BCUT2D eigenvalue weighted by Crippen LogP contribution is -2.42. The maximum absolute atomic E-state index is 11.4. The second-order valence-corrected chi connectivity index (χ2v) is 5.23. The van der Waals surface area contributed by atoms with Gasteiger partial charge in [0.15, 0.2) is 0 Å². The van der Waals surface area contributed by atoms with Crippen molar-refractivity contribution in [1.82, 2.24) is 4.90 Å². The van der Waals surface area contributed by atoms with E-state index in [-0.39, 0.29) is 41.5 Å². The first kappa shape index (κ1) is 7.67. The molecule has 0 unspecified atom stereocenters. The third-order valence-corrected chi connectivity index (χ3v) is 3.85. The van der Waals surface area contributed by atoms with Gasteiger partial charge in [-0.25, -0.2) is 0 Å². The van der Waals surface area contributed by atoms with Gasteiger partial charge < -0.3 is 14.7 Å². The van der Waals surface area contributed by atoms with E-state index < -0.39 is 39.0 Å². The third kappa shape index (κ3) is 4.60. The highest BCUT2D eigenvalue weighted by atomic mass is 35.5.